The highest BCUT2D eigenvalue weighted by Crippen LogP contribution is 2.37. The average molecular weight is 395 g/mol. The summed E-state index contributed by atoms with van der Waals surface area (Å²) in [5.74, 6) is 3.26. The topological polar surface area (TPSA) is 61.0 Å². The lowest BCUT2D eigenvalue weighted by Crippen LogP contribution is -2.54. The van der Waals surface area contributed by atoms with Gasteiger partial charge in [-0.25, -0.2) is 4.98 Å². The molecule has 0 aromatic carbocycles. The molecule has 0 unspecified atom stereocenters. The van der Waals surface area contributed by atoms with Crippen molar-refractivity contribution in [2.24, 2.45) is 10.7 Å². The number of piperazine rings is 1. The van der Waals surface area contributed by atoms with E-state index in [1.165, 1.54) is 50.3 Å². The van der Waals surface area contributed by atoms with E-state index in [4.69, 9.17) is 10.7 Å². The molecule has 0 spiro atoms. The minimum Gasteiger partial charge on any atom is -0.370 e. The standard InChI is InChI=1S/C18H30N6S2/c19-16(22-6-8-23(9-7-22)17-20-5-12-26-17)21-15-18(3-1-2-4-18)24-10-13-25-14-11-24/h5,12H,1-4,6-11,13-15H2,(H2,19,21). The van der Waals surface area contributed by atoms with E-state index >= 15 is 0 Å². The first-order valence-corrected chi connectivity index (χ1v) is 11.8. The minimum atomic E-state index is 0.272. The fraction of sp³-hybridized carbons (Fsp3) is 0.778. The number of thiazole rings is 1. The highest BCUT2D eigenvalue weighted by molar-refractivity contribution is 7.99. The summed E-state index contributed by atoms with van der Waals surface area (Å²) in [6, 6.07) is 0. The first-order chi connectivity index (χ1) is 12.8. The molecule has 6 nitrogen and oxygen atoms in total. The molecular formula is C18H30N6S2. The second-order valence-electron chi connectivity index (χ2n) is 7.49. The fourth-order valence-electron chi connectivity index (χ4n) is 4.47. The highest BCUT2D eigenvalue weighted by Gasteiger charge is 2.40. The number of aromatic nitrogens is 1. The first kappa shape index (κ1) is 18.4. The van der Waals surface area contributed by atoms with E-state index in [0.29, 0.717) is 0 Å². The molecule has 0 atom stereocenters. The van der Waals surface area contributed by atoms with Crippen molar-refractivity contribution >= 4 is 34.2 Å². The molecule has 2 aliphatic heterocycles. The predicted octanol–water partition coefficient (Wildman–Crippen LogP) is 1.94. The van der Waals surface area contributed by atoms with E-state index in [1.54, 1.807) is 11.3 Å². The van der Waals surface area contributed by atoms with Gasteiger partial charge in [-0.05, 0) is 12.8 Å². The molecular weight excluding hydrogens is 364 g/mol. The van der Waals surface area contributed by atoms with Gasteiger partial charge in [0.1, 0.15) is 0 Å². The third-order valence-corrected chi connectivity index (χ3v) is 7.82. The summed E-state index contributed by atoms with van der Waals surface area (Å²) in [6.07, 6.45) is 7.12. The molecule has 3 heterocycles. The van der Waals surface area contributed by atoms with Crippen LogP contribution in [0.4, 0.5) is 5.13 Å². The Bertz CT molecular complexity index is 585. The largest absolute Gasteiger partial charge is 0.370 e. The van der Waals surface area contributed by atoms with Crippen LogP contribution in [0.25, 0.3) is 0 Å². The smallest absolute Gasteiger partial charge is 0.191 e. The van der Waals surface area contributed by atoms with Gasteiger partial charge in [-0.1, -0.05) is 12.8 Å². The summed E-state index contributed by atoms with van der Waals surface area (Å²) in [5, 5.41) is 3.16. The van der Waals surface area contributed by atoms with Gasteiger partial charge in [0, 0.05) is 67.9 Å². The van der Waals surface area contributed by atoms with Crippen molar-refractivity contribution < 1.29 is 0 Å². The van der Waals surface area contributed by atoms with Crippen LogP contribution >= 0.6 is 23.1 Å². The zero-order chi connectivity index (χ0) is 17.8. The predicted molar refractivity (Wildman–Crippen MR) is 112 cm³/mol. The van der Waals surface area contributed by atoms with Crippen LogP contribution in [0.1, 0.15) is 25.7 Å². The summed E-state index contributed by atoms with van der Waals surface area (Å²) in [4.78, 5) is 16.6. The second-order valence-corrected chi connectivity index (χ2v) is 9.59. The zero-order valence-electron chi connectivity index (χ0n) is 15.5. The maximum atomic E-state index is 6.40. The molecule has 0 bridgehead atoms. The normalized spacial score (nSPS) is 25.0. The molecule has 1 aromatic heterocycles. The number of anilines is 1. The van der Waals surface area contributed by atoms with E-state index in [0.717, 1.165) is 43.8 Å². The zero-order valence-corrected chi connectivity index (χ0v) is 17.1. The van der Waals surface area contributed by atoms with Crippen molar-refractivity contribution in [2.45, 2.75) is 31.2 Å². The van der Waals surface area contributed by atoms with Gasteiger partial charge in [-0.3, -0.25) is 9.89 Å². The van der Waals surface area contributed by atoms with Crippen molar-refractivity contribution in [3.63, 3.8) is 0 Å². The number of nitrogens with zero attached hydrogens (tertiary/aromatic N) is 5. The third-order valence-electron chi connectivity index (χ3n) is 6.05. The van der Waals surface area contributed by atoms with Crippen molar-refractivity contribution in [3.8, 4) is 0 Å². The molecule has 3 fully saturated rings. The van der Waals surface area contributed by atoms with Gasteiger partial charge < -0.3 is 15.5 Å². The number of guanidine groups is 1. The van der Waals surface area contributed by atoms with Crippen molar-refractivity contribution in [1.29, 1.82) is 0 Å². The number of thioether (sulfide) groups is 1. The maximum Gasteiger partial charge on any atom is 0.191 e. The van der Waals surface area contributed by atoms with Crippen molar-refractivity contribution in [1.82, 2.24) is 14.8 Å². The molecule has 0 radical (unpaired) electrons. The number of aliphatic imine (C=N–C) groups is 1. The Morgan fingerprint density at radius 1 is 1.12 bits per heavy atom. The van der Waals surface area contributed by atoms with Gasteiger partial charge in [0.05, 0.1) is 6.54 Å². The van der Waals surface area contributed by atoms with Crippen LogP contribution in [0.2, 0.25) is 0 Å². The number of nitrogens with two attached hydrogens (primary N) is 1. The van der Waals surface area contributed by atoms with Gasteiger partial charge in [0.25, 0.3) is 0 Å². The van der Waals surface area contributed by atoms with Crippen LogP contribution in [-0.4, -0.2) is 83.6 Å². The number of hydrogen-bond acceptors (Lipinski definition) is 6. The Hall–Kier alpha value is -0.990. The molecule has 1 aliphatic carbocycles. The van der Waals surface area contributed by atoms with Gasteiger partial charge in [-0.2, -0.15) is 11.8 Å². The number of hydrogen-bond donors (Lipinski definition) is 1. The first-order valence-electron chi connectivity index (χ1n) is 9.79. The van der Waals surface area contributed by atoms with Crippen LogP contribution < -0.4 is 10.6 Å². The Labute approximate surface area is 164 Å². The summed E-state index contributed by atoms with van der Waals surface area (Å²) in [5.41, 5.74) is 6.67. The Kier molecular flexibility index (Phi) is 5.90. The lowest BCUT2D eigenvalue weighted by Gasteiger charge is -2.43. The molecule has 1 saturated carbocycles. The molecule has 4 rings (SSSR count). The van der Waals surface area contributed by atoms with E-state index < -0.39 is 0 Å². The molecule has 0 amide bonds. The van der Waals surface area contributed by atoms with Crippen molar-refractivity contribution in [2.75, 3.05) is 62.2 Å². The molecule has 26 heavy (non-hydrogen) atoms. The molecule has 3 aliphatic rings. The van der Waals surface area contributed by atoms with Gasteiger partial charge >= 0.3 is 0 Å². The van der Waals surface area contributed by atoms with Gasteiger partial charge in [-0.15, -0.1) is 11.3 Å². The number of rotatable bonds is 4. The molecule has 2 N–H and O–H groups in total. The molecule has 144 valence electrons. The van der Waals surface area contributed by atoms with E-state index in [2.05, 4.69) is 31.4 Å². The summed E-state index contributed by atoms with van der Waals surface area (Å²) < 4.78 is 0. The Morgan fingerprint density at radius 2 is 1.85 bits per heavy atom. The molecule has 8 heteroatoms. The monoisotopic (exact) mass is 394 g/mol. The van der Waals surface area contributed by atoms with Crippen LogP contribution in [0.3, 0.4) is 0 Å². The summed E-state index contributed by atoms with van der Waals surface area (Å²) in [6.45, 7) is 7.11. The SMILES string of the molecule is NC(=NCC1(N2CCSCC2)CCCC1)N1CCN(c2nccs2)CC1. The van der Waals surface area contributed by atoms with E-state index in [9.17, 15) is 0 Å². The van der Waals surface area contributed by atoms with E-state index in [-0.39, 0.29) is 5.54 Å². The lowest BCUT2D eigenvalue weighted by molar-refractivity contribution is 0.112. The summed E-state index contributed by atoms with van der Waals surface area (Å²) >= 11 is 3.79. The quantitative estimate of drug-likeness (QED) is 0.622. The highest BCUT2D eigenvalue weighted by atomic mass is 32.2. The lowest BCUT2D eigenvalue weighted by atomic mass is 9.95. The van der Waals surface area contributed by atoms with Crippen molar-refractivity contribution in [3.05, 3.63) is 11.6 Å². The third kappa shape index (κ3) is 3.97. The Morgan fingerprint density at radius 3 is 2.50 bits per heavy atom. The minimum absolute atomic E-state index is 0.272. The maximum absolute atomic E-state index is 6.40. The van der Waals surface area contributed by atoms with Crippen LogP contribution in [-0.2, 0) is 0 Å². The molecule has 2 saturated heterocycles. The van der Waals surface area contributed by atoms with Crippen LogP contribution in [0.5, 0.6) is 0 Å². The van der Waals surface area contributed by atoms with Gasteiger partial charge in [0.15, 0.2) is 11.1 Å². The molecule has 1 aromatic rings. The summed E-state index contributed by atoms with van der Waals surface area (Å²) in [7, 11) is 0. The van der Waals surface area contributed by atoms with Crippen LogP contribution in [0.15, 0.2) is 16.6 Å². The fourth-order valence-corrected chi connectivity index (χ4v) is 6.07. The Balaban J connectivity index is 1.35. The van der Waals surface area contributed by atoms with Gasteiger partial charge in [0.2, 0.25) is 0 Å². The van der Waals surface area contributed by atoms with E-state index in [1.807, 2.05) is 11.6 Å². The average Bonchev–Trinajstić information content (AvgIpc) is 3.40. The second kappa shape index (κ2) is 8.35. The van der Waals surface area contributed by atoms with Crippen LogP contribution in [0, 0.1) is 0 Å².